The first-order valence-corrected chi connectivity index (χ1v) is 14.3. The maximum absolute atomic E-state index is 14.8. The summed E-state index contributed by atoms with van der Waals surface area (Å²) in [5, 5.41) is 4.96. The monoisotopic (exact) mass is 565 g/mol. The van der Waals surface area contributed by atoms with Gasteiger partial charge < -0.3 is 15.1 Å². The molecule has 1 heterocycles. The van der Waals surface area contributed by atoms with Crippen LogP contribution < -0.4 is 10.2 Å². The van der Waals surface area contributed by atoms with Crippen LogP contribution in [0, 0.1) is 5.82 Å². The third-order valence-electron chi connectivity index (χ3n) is 7.49. The lowest BCUT2D eigenvalue weighted by Crippen LogP contribution is -2.54. The Morgan fingerprint density at radius 3 is 2.31 bits per heavy atom. The van der Waals surface area contributed by atoms with Crippen molar-refractivity contribution in [3.8, 4) is 0 Å². The lowest BCUT2D eigenvalue weighted by atomic mass is 10.00. The topological polar surface area (TPSA) is 69.7 Å². The second-order valence-corrected chi connectivity index (χ2v) is 11.8. The van der Waals surface area contributed by atoms with E-state index in [0.29, 0.717) is 24.1 Å². The van der Waals surface area contributed by atoms with E-state index in [2.05, 4.69) is 5.32 Å². The smallest absolute Gasteiger partial charge is 0.258 e. The van der Waals surface area contributed by atoms with E-state index in [0.717, 1.165) is 22.0 Å². The molecule has 7 heteroatoms. The minimum absolute atomic E-state index is 0.0477. The molecule has 5 rings (SSSR count). The van der Waals surface area contributed by atoms with Crippen LogP contribution in [0.15, 0.2) is 91.0 Å². The van der Waals surface area contributed by atoms with E-state index in [-0.39, 0.29) is 37.1 Å². The normalized spacial score (nSPS) is 13.3. The van der Waals surface area contributed by atoms with Gasteiger partial charge in [0.25, 0.3) is 5.91 Å². The van der Waals surface area contributed by atoms with Crippen LogP contribution in [0.1, 0.15) is 55.1 Å². The van der Waals surface area contributed by atoms with Crippen molar-refractivity contribution < 1.29 is 18.8 Å². The van der Waals surface area contributed by atoms with Gasteiger partial charge in [-0.05, 0) is 56.3 Å². The first kappa shape index (κ1) is 29.0. The minimum Gasteiger partial charge on any atom is -0.350 e. The largest absolute Gasteiger partial charge is 0.350 e. The summed E-state index contributed by atoms with van der Waals surface area (Å²) in [5.74, 6) is -1.08. The summed E-state index contributed by atoms with van der Waals surface area (Å²) in [7, 11) is 0. The van der Waals surface area contributed by atoms with Crippen molar-refractivity contribution in [3.63, 3.8) is 0 Å². The van der Waals surface area contributed by atoms with Crippen molar-refractivity contribution in [3.05, 3.63) is 114 Å². The van der Waals surface area contributed by atoms with Crippen LogP contribution in [0.25, 0.3) is 10.8 Å². The lowest BCUT2D eigenvalue weighted by Gasteiger charge is -2.34. The number of nitrogens with one attached hydrogen (secondary N) is 1. The van der Waals surface area contributed by atoms with E-state index in [1.807, 2.05) is 87.5 Å². The number of carbonyl (C=O) groups excluding carboxylic acids is 3. The van der Waals surface area contributed by atoms with Gasteiger partial charge in [0.2, 0.25) is 11.8 Å². The summed E-state index contributed by atoms with van der Waals surface area (Å²) in [6.45, 7) is 5.97. The molecule has 1 atom stereocenters. The molecular formula is C35H36FN3O3. The Labute approximate surface area is 246 Å². The van der Waals surface area contributed by atoms with Crippen LogP contribution in [-0.4, -0.2) is 40.7 Å². The maximum atomic E-state index is 14.8. The maximum Gasteiger partial charge on any atom is 0.258 e. The molecule has 0 spiro atoms. The Bertz CT molecular complexity index is 1610. The van der Waals surface area contributed by atoms with Crippen molar-refractivity contribution >= 4 is 34.2 Å². The molecule has 1 aliphatic heterocycles. The second kappa shape index (κ2) is 12.1. The molecule has 0 saturated carbocycles. The molecule has 1 N–H and O–H groups in total. The van der Waals surface area contributed by atoms with Crippen molar-refractivity contribution in [2.45, 2.75) is 58.2 Å². The van der Waals surface area contributed by atoms with Crippen LogP contribution in [0.5, 0.6) is 0 Å². The van der Waals surface area contributed by atoms with Crippen molar-refractivity contribution in [1.82, 2.24) is 10.2 Å². The number of halogens is 1. The molecule has 0 aromatic heterocycles. The van der Waals surface area contributed by atoms with E-state index in [9.17, 15) is 18.8 Å². The second-order valence-electron chi connectivity index (χ2n) is 11.8. The van der Waals surface area contributed by atoms with Crippen LogP contribution in [0.4, 0.5) is 10.1 Å². The van der Waals surface area contributed by atoms with Crippen LogP contribution in [-0.2, 0) is 22.6 Å². The van der Waals surface area contributed by atoms with E-state index in [1.165, 1.54) is 11.0 Å². The number of amides is 3. The number of rotatable bonds is 10. The quantitative estimate of drug-likeness (QED) is 0.246. The molecule has 216 valence electrons. The highest BCUT2D eigenvalue weighted by molar-refractivity contribution is 6.25. The van der Waals surface area contributed by atoms with Crippen molar-refractivity contribution in [2.75, 3.05) is 11.4 Å². The molecule has 0 radical (unpaired) electrons. The van der Waals surface area contributed by atoms with Gasteiger partial charge >= 0.3 is 0 Å². The molecule has 4 aromatic rings. The first-order chi connectivity index (χ1) is 20.1. The zero-order chi connectivity index (χ0) is 29.9. The predicted molar refractivity (Wildman–Crippen MR) is 164 cm³/mol. The third-order valence-corrected chi connectivity index (χ3v) is 7.49. The fourth-order valence-corrected chi connectivity index (χ4v) is 5.55. The Hall–Kier alpha value is -4.52. The van der Waals surface area contributed by atoms with E-state index in [1.54, 1.807) is 23.1 Å². The minimum atomic E-state index is -0.856. The van der Waals surface area contributed by atoms with Crippen molar-refractivity contribution in [1.29, 1.82) is 0 Å². The highest BCUT2D eigenvalue weighted by Crippen LogP contribution is 2.37. The molecule has 0 fully saturated rings. The SMILES string of the molecule is CC(C)(C)NC(=O)[C@H](Cc1ccccc1)N(Cc1ccccc1F)C(=O)CCCN1C(=O)c2cccc3cccc1c23. The predicted octanol–water partition coefficient (Wildman–Crippen LogP) is 6.27. The summed E-state index contributed by atoms with van der Waals surface area (Å²) < 4.78 is 14.8. The summed E-state index contributed by atoms with van der Waals surface area (Å²) in [6.07, 6.45) is 0.769. The molecule has 1 aliphatic rings. The molecule has 4 aromatic carbocycles. The van der Waals surface area contributed by atoms with Crippen LogP contribution in [0.3, 0.4) is 0 Å². The van der Waals surface area contributed by atoms with Gasteiger partial charge in [-0.1, -0.05) is 72.8 Å². The number of nitrogens with zero attached hydrogens (tertiary/aromatic N) is 2. The van der Waals surface area contributed by atoms with E-state index >= 15 is 0 Å². The molecule has 0 saturated heterocycles. The number of anilines is 1. The average Bonchev–Trinajstić information content (AvgIpc) is 3.23. The molecule has 42 heavy (non-hydrogen) atoms. The molecule has 0 aliphatic carbocycles. The molecule has 0 unspecified atom stereocenters. The number of hydrogen-bond donors (Lipinski definition) is 1. The summed E-state index contributed by atoms with van der Waals surface area (Å²) in [4.78, 5) is 44.1. The summed E-state index contributed by atoms with van der Waals surface area (Å²) >= 11 is 0. The lowest BCUT2D eigenvalue weighted by molar-refractivity contribution is -0.142. The number of carbonyl (C=O) groups is 3. The Balaban J connectivity index is 1.39. The van der Waals surface area contributed by atoms with Gasteiger partial charge in [0.1, 0.15) is 11.9 Å². The highest BCUT2D eigenvalue weighted by atomic mass is 19.1. The molecular weight excluding hydrogens is 529 g/mol. The van der Waals surface area contributed by atoms with Gasteiger partial charge in [0, 0.05) is 48.0 Å². The Morgan fingerprint density at radius 1 is 0.905 bits per heavy atom. The highest BCUT2D eigenvalue weighted by Gasteiger charge is 2.33. The van der Waals surface area contributed by atoms with Gasteiger partial charge in [0.05, 0.1) is 5.69 Å². The number of benzene rings is 4. The van der Waals surface area contributed by atoms with Gasteiger partial charge in [-0.3, -0.25) is 14.4 Å². The van der Waals surface area contributed by atoms with E-state index < -0.39 is 17.4 Å². The zero-order valence-corrected chi connectivity index (χ0v) is 24.3. The average molecular weight is 566 g/mol. The molecule has 6 nitrogen and oxygen atoms in total. The summed E-state index contributed by atoms with van der Waals surface area (Å²) in [6, 6.07) is 26.5. The number of hydrogen-bond acceptors (Lipinski definition) is 3. The Kier molecular flexibility index (Phi) is 8.39. The van der Waals surface area contributed by atoms with Gasteiger partial charge in [-0.2, -0.15) is 0 Å². The first-order valence-electron chi connectivity index (χ1n) is 14.3. The standard InChI is InChI=1S/C35H36FN3O3/c1-35(2,3)37-33(41)30(22-24-12-5-4-6-13-24)39(23-26-14-7-8-18-28(26)36)31(40)20-11-21-38-29-19-10-16-25-15-9-17-27(32(25)29)34(38)42/h4-10,12-19,30H,11,20-23H2,1-3H3,(H,37,41)/t30-/m0/s1. The van der Waals surface area contributed by atoms with Gasteiger partial charge in [0.15, 0.2) is 0 Å². The molecule has 0 bridgehead atoms. The van der Waals surface area contributed by atoms with Gasteiger partial charge in [-0.15, -0.1) is 0 Å². The zero-order valence-electron chi connectivity index (χ0n) is 24.3. The van der Waals surface area contributed by atoms with Crippen LogP contribution in [0.2, 0.25) is 0 Å². The molecule has 3 amide bonds. The van der Waals surface area contributed by atoms with Crippen LogP contribution >= 0.6 is 0 Å². The van der Waals surface area contributed by atoms with E-state index in [4.69, 9.17) is 0 Å². The third kappa shape index (κ3) is 6.35. The fourth-order valence-electron chi connectivity index (χ4n) is 5.55. The van der Waals surface area contributed by atoms with Crippen molar-refractivity contribution in [2.24, 2.45) is 0 Å². The Morgan fingerprint density at radius 2 is 1.60 bits per heavy atom. The fraction of sp³-hybridized carbons (Fsp3) is 0.286. The van der Waals surface area contributed by atoms with Gasteiger partial charge in [-0.25, -0.2) is 4.39 Å². The summed E-state index contributed by atoms with van der Waals surface area (Å²) in [5.41, 5.74) is 2.22.